The van der Waals surface area contributed by atoms with Gasteiger partial charge in [0.05, 0.1) is 11.4 Å². The van der Waals surface area contributed by atoms with Crippen LogP contribution in [0.1, 0.15) is 0 Å². The molecule has 258 valence electrons. The van der Waals surface area contributed by atoms with Crippen molar-refractivity contribution in [1.82, 2.24) is 9.97 Å². The average Bonchev–Trinajstić information content (AvgIpc) is 3.59. The van der Waals surface area contributed by atoms with Gasteiger partial charge in [-0.25, -0.2) is 9.97 Å². The first-order chi connectivity index (χ1) is 27.8. The number of rotatable bonds is 4. The van der Waals surface area contributed by atoms with Crippen molar-refractivity contribution < 1.29 is 0 Å². The number of hydrogen-bond donors (Lipinski definition) is 0. The van der Waals surface area contributed by atoms with Crippen LogP contribution in [0.4, 0.5) is 0 Å². The van der Waals surface area contributed by atoms with E-state index in [2.05, 4.69) is 188 Å². The van der Waals surface area contributed by atoms with Crippen LogP contribution in [0.5, 0.6) is 0 Å². The zero-order valence-electron chi connectivity index (χ0n) is 30.4. The van der Waals surface area contributed by atoms with Gasteiger partial charge >= 0.3 is 0 Å². The van der Waals surface area contributed by atoms with Gasteiger partial charge in [0.25, 0.3) is 0 Å². The molecule has 1 aliphatic rings. The van der Waals surface area contributed by atoms with E-state index >= 15 is 0 Å². The normalized spacial score (nSPS) is 11.9. The molecule has 2 nitrogen and oxygen atoms in total. The van der Waals surface area contributed by atoms with Gasteiger partial charge in [-0.2, -0.15) is 0 Å². The van der Waals surface area contributed by atoms with Crippen LogP contribution in [0, 0.1) is 0 Å². The number of hydrogen-bond acceptors (Lipinski definition) is 2. The Morgan fingerprint density at radius 3 is 1.52 bits per heavy atom. The van der Waals surface area contributed by atoms with Gasteiger partial charge in [0.2, 0.25) is 0 Å². The fourth-order valence-electron chi connectivity index (χ4n) is 9.32. The molecule has 0 unspecified atom stereocenters. The molecule has 0 atom stereocenters. The minimum Gasteiger partial charge on any atom is -0.227 e. The highest BCUT2D eigenvalue weighted by molar-refractivity contribution is 6.24. The molecule has 0 amide bonds. The Morgan fingerprint density at radius 2 is 0.786 bits per heavy atom. The van der Waals surface area contributed by atoms with Crippen LogP contribution < -0.4 is 0 Å². The zero-order chi connectivity index (χ0) is 36.7. The van der Waals surface area contributed by atoms with Crippen molar-refractivity contribution in [3.8, 4) is 67.3 Å². The van der Waals surface area contributed by atoms with Crippen LogP contribution in [-0.4, -0.2) is 9.97 Å². The number of benzene rings is 10. The monoisotopic (exact) mass is 708 g/mol. The Kier molecular flexibility index (Phi) is 6.66. The first kappa shape index (κ1) is 31.0. The van der Waals surface area contributed by atoms with Crippen LogP contribution in [0.2, 0.25) is 0 Å². The molecule has 0 saturated heterocycles. The minimum atomic E-state index is 0.734. The lowest BCUT2D eigenvalue weighted by atomic mass is 9.84. The van der Waals surface area contributed by atoms with Crippen LogP contribution in [0.25, 0.3) is 121 Å². The highest BCUT2D eigenvalue weighted by Crippen LogP contribution is 2.51. The Bertz CT molecular complexity index is 3350. The van der Waals surface area contributed by atoms with E-state index in [1.807, 2.05) is 6.07 Å². The maximum absolute atomic E-state index is 5.41. The molecule has 0 spiro atoms. The van der Waals surface area contributed by atoms with Crippen LogP contribution >= 0.6 is 0 Å². The molecule has 0 aliphatic heterocycles. The molecule has 0 N–H and O–H groups in total. The summed E-state index contributed by atoms with van der Waals surface area (Å²) in [7, 11) is 0. The number of aromatic nitrogens is 2. The summed E-state index contributed by atoms with van der Waals surface area (Å²) in [5.74, 6) is 0.734. The molecule has 12 rings (SSSR count). The van der Waals surface area contributed by atoms with Gasteiger partial charge in [-0.1, -0.05) is 176 Å². The lowest BCUT2D eigenvalue weighted by molar-refractivity contribution is 1.19. The highest BCUT2D eigenvalue weighted by atomic mass is 14.9. The van der Waals surface area contributed by atoms with Gasteiger partial charge in [0.15, 0.2) is 5.82 Å². The van der Waals surface area contributed by atoms with Gasteiger partial charge < -0.3 is 0 Å². The van der Waals surface area contributed by atoms with Gasteiger partial charge in [-0.15, -0.1) is 0 Å². The minimum absolute atomic E-state index is 0.734. The molecule has 11 aromatic rings. The topological polar surface area (TPSA) is 25.8 Å². The Morgan fingerprint density at radius 1 is 0.268 bits per heavy atom. The zero-order valence-corrected chi connectivity index (χ0v) is 30.4. The molecule has 0 radical (unpaired) electrons. The van der Waals surface area contributed by atoms with Gasteiger partial charge in [0.1, 0.15) is 0 Å². The Balaban J connectivity index is 1.12. The predicted molar refractivity (Wildman–Crippen MR) is 236 cm³/mol. The largest absolute Gasteiger partial charge is 0.227 e. The SMILES string of the molecule is c1ccc(-c2nc(-c3cccc(-c4c5ccccc5c(-c5cccc6cc7ccccc7cc56)c5ccccc45)c3)c3c(n2)-c2cccc4cccc-3c24)cc1. The second-order valence-corrected chi connectivity index (χ2v) is 14.8. The molecule has 0 fully saturated rings. The van der Waals surface area contributed by atoms with Crippen LogP contribution in [-0.2, 0) is 0 Å². The van der Waals surface area contributed by atoms with Gasteiger partial charge in [-0.3, -0.25) is 0 Å². The summed E-state index contributed by atoms with van der Waals surface area (Å²) in [4.78, 5) is 10.7. The molecule has 2 heteroatoms. The molecule has 0 bridgehead atoms. The molecule has 56 heavy (non-hydrogen) atoms. The van der Waals surface area contributed by atoms with Crippen molar-refractivity contribution in [3.63, 3.8) is 0 Å². The van der Waals surface area contributed by atoms with Crippen LogP contribution in [0.15, 0.2) is 194 Å². The molecule has 1 heterocycles. The third kappa shape index (κ3) is 4.57. The second-order valence-electron chi connectivity index (χ2n) is 14.8. The van der Waals surface area contributed by atoms with E-state index in [9.17, 15) is 0 Å². The molecule has 1 aromatic heterocycles. The van der Waals surface area contributed by atoms with Crippen molar-refractivity contribution in [1.29, 1.82) is 0 Å². The van der Waals surface area contributed by atoms with Gasteiger partial charge in [-0.05, 0) is 99.9 Å². The number of nitrogens with zero attached hydrogens (tertiary/aromatic N) is 2. The second kappa shape index (κ2) is 12.0. The van der Waals surface area contributed by atoms with Crippen molar-refractivity contribution in [3.05, 3.63) is 194 Å². The average molecular weight is 709 g/mol. The molecule has 10 aromatic carbocycles. The van der Waals surface area contributed by atoms with Crippen molar-refractivity contribution in [2.45, 2.75) is 0 Å². The van der Waals surface area contributed by atoms with E-state index in [4.69, 9.17) is 9.97 Å². The number of fused-ring (bicyclic) bond motifs is 7. The van der Waals surface area contributed by atoms with E-state index in [1.54, 1.807) is 0 Å². The molecular weight excluding hydrogens is 677 g/mol. The Labute approximate surface area is 324 Å². The van der Waals surface area contributed by atoms with Crippen molar-refractivity contribution in [2.75, 3.05) is 0 Å². The fourth-order valence-corrected chi connectivity index (χ4v) is 9.32. The standard InChI is InChI=1S/C54H32N2/c1-2-14-34(15-3-1)54-55-52(51-45-28-11-18-33-19-12-29-46(48(33)45)53(51)56-54)39-22-10-21-38(31-39)49-40-23-6-8-25-42(40)50(43-26-9-7-24-41(43)49)44-27-13-20-37-30-35-16-4-5-17-36(35)32-47(37)44/h1-32H. The lowest BCUT2D eigenvalue weighted by Crippen LogP contribution is -1.98. The van der Waals surface area contributed by atoms with Gasteiger partial charge in [0, 0.05) is 22.3 Å². The summed E-state index contributed by atoms with van der Waals surface area (Å²) >= 11 is 0. The lowest BCUT2D eigenvalue weighted by Gasteiger charge is -2.19. The third-order valence-electron chi connectivity index (χ3n) is 11.7. The summed E-state index contributed by atoms with van der Waals surface area (Å²) in [6.07, 6.45) is 0. The van der Waals surface area contributed by atoms with E-state index < -0.39 is 0 Å². The maximum atomic E-state index is 5.41. The summed E-state index contributed by atoms with van der Waals surface area (Å²) in [5.41, 5.74) is 12.4. The summed E-state index contributed by atoms with van der Waals surface area (Å²) in [5, 5.41) is 12.4. The van der Waals surface area contributed by atoms with Crippen LogP contribution in [0.3, 0.4) is 0 Å². The first-order valence-electron chi connectivity index (χ1n) is 19.2. The van der Waals surface area contributed by atoms with Crippen molar-refractivity contribution in [2.24, 2.45) is 0 Å². The van der Waals surface area contributed by atoms with E-state index in [0.29, 0.717) is 0 Å². The quantitative estimate of drug-likeness (QED) is 0.170. The summed E-state index contributed by atoms with van der Waals surface area (Å²) in [6.45, 7) is 0. The fraction of sp³-hybridized carbons (Fsp3) is 0. The predicted octanol–water partition coefficient (Wildman–Crippen LogP) is 14.6. The van der Waals surface area contributed by atoms with E-state index in [-0.39, 0.29) is 0 Å². The highest BCUT2D eigenvalue weighted by Gasteiger charge is 2.28. The molecule has 1 aliphatic carbocycles. The first-order valence-corrected chi connectivity index (χ1v) is 19.2. The van der Waals surface area contributed by atoms with E-state index in [0.717, 1.165) is 39.5 Å². The van der Waals surface area contributed by atoms with E-state index in [1.165, 1.54) is 81.7 Å². The summed E-state index contributed by atoms with van der Waals surface area (Å²) < 4.78 is 0. The molecule has 0 saturated carbocycles. The molecular formula is C54H32N2. The van der Waals surface area contributed by atoms with Crippen molar-refractivity contribution >= 4 is 53.9 Å². The smallest absolute Gasteiger partial charge is 0.160 e. The Hall–Kier alpha value is -7.42. The maximum Gasteiger partial charge on any atom is 0.160 e. The third-order valence-corrected chi connectivity index (χ3v) is 11.7. The summed E-state index contributed by atoms with van der Waals surface area (Å²) in [6, 6.07) is 70.4.